The van der Waals surface area contributed by atoms with Crippen LogP contribution in [0.4, 0.5) is 32.0 Å². The van der Waals surface area contributed by atoms with Crippen LogP contribution in [0, 0.1) is 0 Å². The molecule has 0 spiro atoms. The Morgan fingerprint density at radius 1 is 0.781 bits per heavy atom. The van der Waals surface area contributed by atoms with Crippen molar-refractivity contribution in [1.82, 2.24) is 0 Å². The summed E-state index contributed by atoms with van der Waals surface area (Å²) in [7, 11) is -4.20. The third kappa shape index (κ3) is 8.13. The maximum Gasteiger partial charge on any atom is 0.422 e. The summed E-state index contributed by atoms with van der Waals surface area (Å²) in [5.41, 5.74) is 0.300. The first kappa shape index (κ1) is 25.6. The molecule has 2 rings (SSSR count). The summed E-state index contributed by atoms with van der Waals surface area (Å²) >= 11 is 0. The summed E-state index contributed by atoms with van der Waals surface area (Å²) < 4.78 is 111. The molecule has 0 fully saturated rings. The Bertz CT molecular complexity index is 990. The number of benzene rings is 2. The number of anilines is 1. The van der Waals surface area contributed by atoms with Gasteiger partial charge in [-0.15, -0.1) is 0 Å². The fraction of sp³-hybridized carbons (Fsp3) is 0.400. The molecule has 12 heteroatoms. The van der Waals surface area contributed by atoms with Gasteiger partial charge < -0.3 is 9.47 Å². The van der Waals surface area contributed by atoms with Gasteiger partial charge >= 0.3 is 12.4 Å². The van der Waals surface area contributed by atoms with E-state index in [1.165, 1.54) is 12.1 Å². The molecule has 5 nitrogen and oxygen atoms in total. The Kier molecular flexibility index (Phi) is 7.28. The van der Waals surface area contributed by atoms with Crippen molar-refractivity contribution in [2.75, 3.05) is 17.9 Å². The summed E-state index contributed by atoms with van der Waals surface area (Å²) in [6.07, 6.45) is -9.42. The third-order valence-electron chi connectivity index (χ3n) is 3.97. The molecular formula is C20H21F6NO4S. The van der Waals surface area contributed by atoms with E-state index in [4.69, 9.17) is 0 Å². The molecule has 0 atom stereocenters. The van der Waals surface area contributed by atoms with Crippen molar-refractivity contribution in [1.29, 1.82) is 0 Å². The van der Waals surface area contributed by atoms with E-state index in [2.05, 4.69) is 14.2 Å². The smallest absolute Gasteiger partial charge is 0.422 e. The lowest BCUT2D eigenvalue weighted by atomic mass is 9.87. The zero-order valence-electron chi connectivity index (χ0n) is 17.3. The highest BCUT2D eigenvalue weighted by molar-refractivity contribution is 7.92. The van der Waals surface area contributed by atoms with E-state index in [1.54, 1.807) is 12.1 Å². The molecule has 0 aliphatic carbocycles. The summed E-state index contributed by atoms with van der Waals surface area (Å²) in [6.45, 7) is 2.35. The average molecular weight is 485 g/mol. The van der Waals surface area contributed by atoms with Crippen molar-refractivity contribution in [2.45, 2.75) is 43.4 Å². The van der Waals surface area contributed by atoms with Crippen molar-refractivity contribution < 1.29 is 44.2 Å². The Morgan fingerprint density at radius 2 is 1.22 bits per heavy atom. The van der Waals surface area contributed by atoms with Crippen LogP contribution in [0.2, 0.25) is 0 Å². The lowest BCUT2D eigenvalue weighted by Gasteiger charge is -2.19. The maximum absolute atomic E-state index is 12.7. The SMILES string of the molecule is CC(C)(C)c1ccc(S(=O)(=O)Nc2cc(OCC(F)(F)F)cc(OCC(F)(F)F)c2)cc1. The molecule has 2 aromatic carbocycles. The number of alkyl halides is 6. The van der Waals surface area contributed by atoms with Gasteiger partial charge in [0, 0.05) is 18.2 Å². The summed E-state index contributed by atoms with van der Waals surface area (Å²) in [6, 6.07) is 8.51. The Hall–Kier alpha value is -2.63. The number of halogens is 6. The van der Waals surface area contributed by atoms with Gasteiger partial charge in [-0.05, 0) is 23.1 Å². The van der Waals surface area contributed by atoms with Gasteiger partial charge in [0.1, 0.15) is 11.5 Å². The zero-order valence-corrected chi connectivity index (χ0v) is 18.1. The van der Waals surface area contributed by atoms with Gasteiger partial charge in [-0.1, -0.05) is 32.9 Å². The molecular weight excluding hydrogens is 464 g/mol. The minimum Gasteiger partial charge on any atom is -0.484 e. The fourth-order valence-corrected chi connectivity index (χ4v) is 3.52. The molecule has 0 radical (unpaired) electrons. The zero-order chi connectivity index (χ0) is 24.4. The fourth-order valence-electron chi connectivity index (χ4n) is 2.48. The molecule has 0 aliphatic heterocycles. The minimum absolute atomic E-state index is 0.148. The molecule has 2 aromatic rings. The standard InChI is InChI=1S/C20H21F6NO4S/c1-18(2,3)13-4-6-17(7-5-13)32(28,29)27-14-8-15(30-11-19(21,22)23)10-16(9-14)31-12-20(24,25)26/h4-10,27H,11-12H2,1-3H3. The first-order valence-electron chi connectivity index (χ1n) is 9.12. The lowest BCUT2D eigenvalue weighted by molar-refractivity contribution is -0.153. The monoisotopic (exact) mass is 485 g/mol. The quantitative estimate of drug-likeness (QED) is 0.514. The Balaban J connectivity index is 2.32. The van der Waals surface area contributed by atoms with E-state index in [9.17, 15) is 34.8 Å². The normalized spacial score (nSPS) is 13.0. The molecule has 0 heterocycles. The number of nitrogens with one attached hydrogen (secondary N) is 1. The summed E-state index contributed by atoms with van der Waals surface area (Å²) in [5.74, 6) is -1.05. The van der Waals surface area contributed by atoms with Crippen molar-refractivity contribution in [3.8, 4) is 11.5 Å². The second-order valence-corrected chi connectivity index (χ2v) is 9.56. The summed E-state index contributed by atoms with van der Waals surface area (Å²) in [4.78, 5) is -0.148. The molecule has 0 saturated carbocycles. The Labute approximate surface area is 181 Å². The molecule has 178 valence electrons. The average Bonchev–Trinajstić information content (AvgIpc) is 2.63. The van der Waals surface area contributed by atoms with E-state index >= 15 is 0 Å². The van der Waals surface area contributed by atoms with Crippen LogP contribution in [0.25, 0.3) is 0 Å². The predicted molar refractivity (Wildman–Crippen MR) is 105 cm³/mol. The molecule has 0 saturated heterocycles. The van der Waals surface area contributed by atoms with Crippen molar-refractivity contribution in [3.63, 3.8) is 0 Å². The largest absolute Gasteiger partial charge is 0.484 e. The number of ether oxygens (including phenoxy) is 2. The van der Waals surface area contributed by atoms with Crippen LogP contribution >= 0.6 is 0 Å². The molecule has 0 unspecified atom stereocenters. The van der Waals surface area contributed by atoms with Crippen LogP contribution in [0.15, 0.2) is 47.4 Å². The van der Waals surface area contributed by atoms with Gasteiger partial charge in [0.15, 0.2) is 13.2 Å². The van der Waals surface area contributed by atoms with E-state index in [0.717, 1.165) is 23.8 Å². The first-order chi connectivity index (χ1) is 14.4. The molecule has 0 bridgehead atoms. The van der Waals surface area contributed by atoms with E-state index < -0.39 is 47.1 Å². The number of rotatable bonds is 7. The highest BCUT2D eigenvalue weighted by Crippen LogP contribution is 2.31. The molecule has 0 aliphatic rings. The summed E-state index contributed by atoms with van der Waals surface area (Å²) in [5, 5.41) is 0. The highest BCUT2D eigenvalue weighted by atomic mass is 32.2. The molecule has 32 heavy (non-hydrogen) atoms. The second kappa shape index (κ2) is 9.08. The molecule has 0 amide bonds. The predicted octanol–water partition coefficient (Wildman–Crippen LogP) is 5.67. The topological polar surface area (TPSA) is 64.6 Å². The Morgan fingerprint density at radius 3 is 1.59 bits per heavy atom. The molecule has 0 aromatic heterocycles. The van der Waals surface area contributed by atoms with Gasteiger partial charge in [-0.2, -0.15) is 26.3 Å². The number of hydrogen-bond donors (Lipinski definition) is 1. The van der Waals surface area contributed by atoms with Gasteiger partial charge in [-0.3, -0.25) is 4.72 Å². The van der Waals surface area contributed by atoms with E-state index in [1.807, 2.05) is 20.8 Å². The lowest BCUT2D eigenvalue weighted by Crippen LogP contribution is -2.20. The van der Waals surface area contributed by atoms with Gasteiger partial charge in [-0.25, -0.2) is 8.42 Å². The first-order valence-corrected chi connectivity index (χ1v) is 10.6. The second-order valence-electron chi connectivity index (χ2n) is 7.88. The third-order valence-corrected chi connectivity index (χ3v) is 5.37. The van der Waals surface area contributed by atoms with Crippen LogP contribution in [-0.4, -0.2) is 34.0 Å². The van der Waals surface area contributed by atoms with Crippen LogP contribution < -0.4 is 14.2 Å². The van der Waals surface area contributed by atoms with Gasteiger partial charge in [0.2, 0.25) is 0 Å². The van der Waals surface area contributed by atoms with Crippen molar-refractivity contribution >= 4 is 15.7 Å². The van der Waals surface area contributed by atoms with Crippen LogP contribution in [0.1, 0.15) is 26.3 Å². The highest BCUT2D eigenvalue weighted by Gasteiger charge is 2.30. The van der Waals surface area contributed by atoms with Crippen molar-refractivity contribution in [3.05, 3.63) is 48.0 Å². The molecule has 1 N–H and O–H groups in total. The van der Waals surface area contributed by atoms with Crippen LogP contribution in [0.5, 0.6) is 11.5 Å². The van der Waals surface area contributed by atoms with Gasteiger partial charge in [0.05, 0.1) is 10.6 Å². The van der Waals surface area contributed by atoms with E-state index in [-0.39, 0.29) is 16.0 Å². The van der Waals surface area contributed by atoms with Crippen LogP contribution in [0.3, 0.4) is 0 Å². The minimum atomic E-state index is -4.71. The van der Waals surface area contributed by atoms with Gasteiger partial charge in [0.25, 0.3) is 10.0 Å². The van der Waals surface area contributed by atoms with Crippen LogP contribution in [-0.2, 0) is 15.4 Å². The number of hydrogen-bond acceptors (Lipinski definition) is 4. The van der Waals surface area contributed by atoms with E-state index in [0.29, 0.717) is 0 Å². The maximum atomic E-state index is 12.7. The number of sulfonamides is 1. The van der Waals surface area contributed by atoms with Crippen molar-refractivity contribution in [2.24, 2.45) is 0 Å².